The number of carbonyl (C=O) groups is 2. The van der Waals surface area contributed by atoms with Gasteiger partial charge >= 0.3 is 6.09 Å². The molecule has 0 aromatic heterocycles. The molecule has 5 nitrogen and oxygen atoms in total. The maximum absolute atomic E-state index is 13.8. The van der Waals surface area contributed by atoms with Crippen LogP contribution < -0.4 is 0 Å². The van der Waals surface area contributed by atoms with Crippen LogP contribution >= 0.6 is 11.6 Å². The Morgan fingerprint density at radius 1 is 1.19 bits per heavy atom. The van der Waals surface area contributed by atoms with Gasteiger partial charge in [-0.25, -0.2) is 9.18 Å². The van der Waals surface area contributed by atoms with E-state index in [4.69, 9.17) is 11.6 Å². The van der Waals surface area contributed by atoms with E-state index in [9.17, 15) is 14.0 Å². The Bertz CT molecular complexity index is 533. The lowest BCUT2D eigenvalue weighted by atomic mass is 10.1. The van der Waals surface area contributed by atoms with Crippen molar-refractivity contribution in [3.63, 3.8) is 0 Å². The Kier molecular flexibility index (Phi) is 5.01. The highest BCUT2D eigenvalue weighted by molar-refractivity contribution is 6.33. The summed E-state index contributed by atoms with van der Waals surface area (Å²) >= 11 is 5.91. The number of ether oxygens (including phenoxy) is 1. The molecule has 0 unspecified atom stereocenters. The SMILES string of the molecule is COC(=O)N1CCCN(C(=O)c2c(F)cccc2Cl)CC1. The Balaban J connectivity index is 2.12. The minimum Gasteiger partial charge on any atom is -0.453 e. The van der Waals surface area contributed by atoms with E-state index in [1.807, 2.05) is 0 Å². The molecule has 0 atom stereocenters. The first kappa shape index (κ1) is 15.6. The van der Waals surface area contributed by atoms with Gasteiger partial charge in [0.2, 0.25) is 0 Å². The van der Waals surface area contributed by atoms with Gasteiger partial charge < -0.3 is 14.5 Å². The largest absolute Gasteiger partial charge is 0.453 e. The molecule has 21 heavy (non-hydrogen) atoms. The summed E-state index contributed by atoms with van der Waals surface area (Å²) in [5.41, 5.74) is -0.120. The second kappa shape index (κ2) is 6.76. The smallest absolute Gasteiger partial charge is 0.409 e. The van der Waals surface area contributed by atoms with Crippen LogP contribution in [0.4, 0.5) is 9.18 Å². The van der Waals surface area contributed by atoms with Crippen LogP contribution in [0.25, 0.3) is 0 Å². The zero-order chi connectivity index (χ0) is 15.4. The van der Waals surface area contributed by atoms with E-state index in [1.54, 1.807) is 0 Å². The molecule has 0 spiro atoms. The second-order valence-electron chi connectivity index (χ2n) is 4.70. The second-order valence-corrected chi connectivity index (χ2v) is 5.11. The first-order valence-electron chi connectivity index (χ1n) is 6.60. The molecule has 1 aliphatic heterocycles. The molecule has 0 aliphatic carbocycles. The zero-order valence-corrected chi connectivity index (χ0v) is 12.4. The van der Waals surface area contributed by atoms with E-state index >= 15 is 0 Å². The number of halogens is 2. The lowest BCUT2D eigenvalue weighted by molar-refractivity contribution is 0.0752. The van der Waals surface area contributed by atoms with Gasteiger partial charge in [-0.15, -0.1) is 0 Å². The van der Waals surface area contributed by atoms with Crippen LogP contribution in [-0.4, -0.2) is 55.1 Å². The number of benzene rings is 1. The molecule has 1 heterocycles. The molecular formula is C14H16ClFN2O3. The number of rotatable bonds is 1. The topological polar surface area (TPSA) is 49.9 Å². The summed E-state index contributed by atoms with van der Waals surface area (Å²) in [4.78, 5) is 26.9. The van der Waals surface area contributed by atoms with Crippen LogP contribution in [0.2, 0.25) is 5.02 Å². The Morgan fingerprint density at radius 2 is 1.86 bits per heavy atom. The van der Waals surface area contributed by atoms with Gasteiger partial charge in [0.15, 0.2) is 0 Å². The van der Waals surface area contributed by atoms with Crippen molar-refractivity contribution in [2.75, 3.05) is 33.3 Å². The van der Waals surface area contributed by atoms with E-state index < -0.39 is 17.8 Å². The minimum atomic E-state index is -0.637. The number of methoxy groups -OCH3 is 1. The van der Waals surface area contributed by atoms with Crippen LogP contribution in [0.3, 0.4) is 0 Å². The molecule has 0 saturated carbocycles. The monoisotopic (exact) mass is 314 g/mol. The molecule has 2 rings (SSSR count). The molecule has 1 fully saturated rings. The number of nitrogens with zero attached hydrogens (tertiary/aromatic N) is 2. The number of amides is 2. The highest BCUT2D eigenvalue weighted by Crippen LogP contribution is 2.21. The zero-order valence-electron chi connectivity index (χ0n) is 11.6. The van der Waals surface area contributed by atoms with Gasteiger partial charge in [-0.3, -0.25) is 4.79 Å². The van der Waals surface area contributed by atoms with Crippen molar-refractivity contribution in [2.24, 2.45) is 0 Å². The molecule has 0 N–H and O–H groups in total. The van der Waals surface area contributed by atoms with Crippen molar-refractivity contribution in [1.82, 2.24) is 9.80 Å². The van der Waals surface area contributed by atoms with Crippen molar-refractivity contribution >= 4 is 23.6 Å². The molecule has 1 aromatic rings. The van der Waals surface area contributed by atoms with Gasteiger partial charge in [0.1, 0.15) is 5.82 Å². The van der Waals surface area contributed by atoms with Crippen molar-refractivity contribution in [3.05, 3.63) is 34.6 Å². The van der Waals surface area contributed by atoms with Crippen LogP contribution in [0.15, 0.2) is 18.2 Å². The van der Waals surface area contributed by atoms with E-state index in [0.29, 0.717) is 32.6 Å². The predicted molar refractivity (Wildman–Crippen MR) is 75.9 cm³/mol. The lowest BCUT2D eigenvalue weighted by Gasteiger charge is -2.22. The van der Waals surface area contributed by atoms with Crippen LogP contribution in [-0.2, 0) is 4.74 Å². The summed E-state index contributed by atoms with van der Waals surface area (Å²) in [6, 6.07) is 4.14. The normalized spacial score (nSPS) is 15.6. The van der Waals surface area contributed by atoms with Gasteiger partial charge in [0.05, 0.1) is 17.7 Å². The fourth-order valence-electron chi connectivity index (χ4n) is 2.29. The standard InChI is InChI=1S/C14H16ClFN2O3/c1-21-14(20)18-7-3-6-17(8-9-18)13(19)12-10(15)4-2-5-11(12)16/h2,4-5H,3,6-9H2,1H3. The van der Waals surface area contributed by atoms with Crippen LogP contribution in [0, 0.1) is 5.82 Å². The molecule has 114 valence electrons. The van der Waals surface area contributed by atoms with Gasteiger partial charge in [0, 0.05) is 26.2 Å². The number of hydrogen-bond acceptors (Lipinski definition) is 3. The van der Waals surface area contributed by atoms with E-state index in [1.165, 1.54) is 35.1 Å². The summed E-state index contributed by atoms with van der Waals surface area (Å²) in [6.45, 7) is 1.61. The average molecular weight is 315 g/mol. The minimum absolute atomic E-state index is 0.0917. The first-order chi connectivity index (χ1) is 10.0. The first-order valence-corrected chi connectivity index (χ1v) is 6.98. The third-order valence-corrected chi connectivity index (χ3v) is 3.71. The lowest BCUT2D eigenvalue weighted by Crippen LogP contribution is -2.37. The fourth-order valence-corrected chi connectivity index (χ4v) is 2.54. The van der Waals surface area contributed by atoms with E-state index in [0.717, 1.165) is 0 Å². The molecule has 7 heteroatoms. The highest BCUT2D eigenvalue weighted by atomic mass is 35.5. The Morgan fingerprint density at radius 3 is 2.52 bits per heavy atom. The number of hydrogen-bond donors (Lipinski definition) is 0. The quantitative estimate of drug-likeness (QED) is 0.800. The van der Waals surface area contributed by atoms with Crippen molar-refractivity contribution in [1.29, 1.82) is 0 Å². The van der Waals surface area contributed by atoms with Gasteiger partial charge in [-0.05, 0) is 18.6 Å². The molecule has 0 radical (unpaired) electrons. The highest BCUT2D eigenvalue weighted by Gasteiger charge is 2.26. The van der Waals surface area contributed by atoms with Crippen LogP contribution in [0.5, 0.6) is 0 Å². The summed E-state index contributed by atoms with van der Waals surface area (Å²) in [5, 5.41) is 0.0917. The third kappa shape index (κ3) is 3.44. The van der Waals surface area contributed by atoms with E-state index in [-0.39, 0.29) is 10.6 Å². The Labute approximate surface area is 127 Å². The van der Waals surface area contributed by atoms with Gasteiger partial charge in [-0.1, -0.05) is 17.7 Å². The molecule has 1 aromatic carbocycles. The number of carbonyl (C=O) groups excluding carboxylic acids is 2. The van der Waals surface area contributed by atoms with Crippen LogP contribution in [0.1, 0.15) is 16.8 Å². The van der Waals surface area contributed by atoms with Crippen molar-refractivity contribution in [3.8, 4) is 0 Å². The average Bonchev–Trinajstić information content (AvgIpc) is 2.72. The maximum atomic E-state index is 13.8. The fraction of sp³-hybridized carbons (Fsp3) is 0.429. The Hall–Kier alpha value is -1.82. The van der Waals surface area contributed by atoms with Crippen molar-refractivity contribution < 1.29 is 18.7 Å². The summed E-state index contributed by atoms with van der Waals surface area (Å²) < 4.78 is 18.5. The summed E-state index contributed by atoms with van der Waals surface area (Å²) in [7, 11) is 1.31. The molecule has 0 bridgehead atoms. The van der Waals surface area contributed by atoms with Gasteiger partial charge in [0.25, 0.3) is 5.91 Å². The molecular weight excluding hydrogens is 299 g/mol. The maximum Gasteiger partial charge on any atom is 0.409 e. The summed E-state index contributed by atoms with van der Waals surface area (Å²) in [6.07, 6.45) is 0.181. The third-order valence-electron chi connectivity index (χ3n) is 3.39. The van der Waals surface area contributed by atoms with Crippen molar-refractivity contribution in [2.45, 2.75) is 6.42 Å². The molecule has 2 amide bonds. The summed E-state index contributed by atoms with van der Waals surface area (Å²) in [5.74, 6) is -1.09. The molecule has 1 aliphatic rings. The van der Waals surface area contributed by atoms with E-state index in [2.05, 4.69) is 4.74 Å². The van der Waals surface area contributed by atoms with Gasteiger partial charge in [-0.2, -0.15) is 0 Å². The predicted octanol–water partition coefficient (Wildman–Crippen LogP) is 2.39. The molecule has 1 saturated heterocycles.